The average molecular weight is 444 g/mol. The van der Waals surface area contributed by atoms with Crippen LogP contribution in [0.2, 0.25) is 0 Å². The summed E-state index contributed by atoms with van der Waals surface area (Å²) in [5, 5.41) is 9.33. The second kappa shape index (κ2) is 8.00. The SMILES string of the molecule is CCC(C)C1=NC2(CC3(CCCOC3)Oc3ccc(-c4cccc(C#N)c4)cc32)C(=O)N1C. The molecule has 2 aromatic rings. The van der Waals surface area contributed by atoms with Gasteiger partial charge in [-0.05, 0) is 54.7 Å². The van der Waals surface area contributed by atoms with E-state index in [0.29, 0.717) is 30.9 Å². The Morgan fingerprint density at radius 3 is 2.79 bits per heavy atom. The lowest BCUT2D eigenvalue weighted by atomic mass is 9.74. The van der Waals surface area contributed by atoms with E-state index in [9.17, 15) is 10.1 Å². The number of aliphatic imine (C=N–C) groups is 1. The lowest BCUT2D eigenvalue weighted by molar-refractivity contribution is -0.139. The van der Waals surface area contributed by atoms with Gasteiger partial charge in [-0.3, -0.25) is 9.79 Å². The van der Waals surface area contributed by atoms with Crippen LogP contribution in [0.4, 0.5) is 0 Å². The predicted octanol–water partition coefficient (Wildman–Crippen LogP) is 4.67. The molecular formula is C27H29N3O3. The normalized spacial score (nSPS) is 27.2. The Bertz CT molecular complexity index is 1180. The van der Waals surface area contributed by atoms with Crippen molar-refractivity contribution in [3.05, 3.63) is 53.6 Å². The molecule has 1 amide bonds. The predicted molar refractivity (Wildman–Crippen MR) is 126 cm³/mol. The van der Waals surface area contributed by atoms with Gasteiger partial charge in [-0.2, -0.15) is 5.26 Å². The molecule has 0 radical (unpaired) electrons. The maximum atomic E-state index is 13.9. The Balaban J connectivity index is 1.69. The lowest BCUT2D eigenvalue weighted by Crippen LogP contribution is -2.55. The molecule has 1 fully saturated rings. The van der Waals surface area contributed by atoms with E-state index in [-0.39, 0.29) is 11.8 Å². The molecule has 1 saturated heterocycles. The Hall–Kier alpha value is -3.17. The van der Waals surface area contributed by atoms with Gasteiger partial charge < -0.3 is 14.4 Å². The summed E-state index contributed by atoms with van der Waals surface area (Å²) in [5.74, 6) is 1.70. The first-order chi connectivity index (χ1) is 15.9. The van der Waals surface area contributed by atoms with Crippen LogP contribution in [0.25, 0.3) is 11.1 Å². The van der Waals surface area contributed by atoms with Crippen LogP contribution < -0.4 is 4.74 Å². The topological polar surface area (TPSA) is 74.9 Å². The molecule has 0 aliphatic carbocycles. The number of hydrogen-bond acceptors (Lipinski definition) is 5. The molecule has 0 saturated carbocycles. The highest BCUT2D eigenvalue weighted by Gasteiger charge is 2.58. The maximum absolute atomic E-state index is 13.9. The molecule has 3 heterocycles. The van der Waals surface area contributed by atoms with Gasteiger partial charge in [-0.1, -0.05) is 32.0 Å². The van der Waals surface area contributed by atoms with Crippen LogP contribution in [0.3, 0.4) is 0 Å². The molecular weight excluding hydrogens is 414 g/mol. The van der Waals surface area contributed by atoms with Gasteiger partial charge in [-0.15, -0.1) is 0 Å². The van der Waals surface area contributed by atoms with Crippen LogP contribution in [0.15, 0.2) is 47.5 Å². The number of ether oxygens (including phenoxy) is 2. The lowest BCUT2D eigenvalue weighted by Gasteiger charge is -2.46. The second-order valence-electron chi connectivity index (χ2n) is 9.53. The minimum atomic E-state index is -1.02. The van der Waals surface area contributed by atoms with Gasteiger partial charge in [-0.25, -0.2) is 0 Å². The smallest absolute Gasteiger partial charge is 0.260 e. The van der Waals surface area contributed by atoms with Crippen molar-refractivity contribution in [2.24, 2.45) is 10.9 Å². The molecule has 33 heavy (non-hydrogen) atoms. The summed E-state index contributed by atoms with van der Waals surface area (Å²) in [6, 6.07) is 15.7. The first-order valence-corrected chi connectivity index (χ1v) is 11.7. The highest BCUT2D eigenvalue weighted by molar-refractivity contribution is 6.09. The minimum absolute atomic E-state index is 0.00442. The van der Waals surface area contributed by atoms with Crippen molar-refractivity contribution in [3.8, 4) is 22.9 Å². The van der Waals surface area contributed by atoms with E-state index in [1.807, 2.05) is 43.4 Å². The molecule has 2 aromatic carbocycles. The maximum Gasteiger partial charge on any atom is 0.260 e. The Morgan fingerprint density at radius 2 is 2.06 bits per heavy atom. The van der Waals surface area contributed by atoms with E-state index in [0.717, 1.165) is 41.8 Å². The quantitative estimate of drug-likeness (QED) is 0.691. The summed E-state index contributed by atoms with van der Waals surface area (Å²) in [6.45, 7) is 5.41. The van der Waals surface area contributed by atoms with Gasteiger partial charge in [0.25, 0.3) is 5.91 Å². The summed E-state index contributed by atoms with van der Waals surface area (Å²) < 4.78 is 12.4. The summed E-state index contributed by atoms with van der Waals surface area (Å²) in [4.78, 5) is 20.8. The summed E-state index contributed by atoms with van der Waals surface area (Å²) in [5.41, 5.74) is 1.69. The molecule has 0 bridgehead atoms. The van der Waals surface area contributed by atoms with Crippen molar-refractivity contribution >= 4 is 11.7 Å². The van der Waals surface area contributed by atoms with Crippen molar-refractivity contribution in [1.29, 1.82) is 5.26 Å². The number of rotatable bonds is 3. The summed E-state index contributed by atoms with van der Waals surface area (Å²) >= 11 is 0. The number of likely N-dealkylation sites (N-methyl/N-ethyl adjacent to an activating group) is 1. The van der Waals surface area contributed by atoms with E-state index >= 15 is 0 Å². The summed E-state index contributed by atoms with van der Waals surface area (Å²) in [6.07, 6.45) is 3.12. The second-order valence-corrected chi connectivity index (χ2v) is 9.53. The number of amides is 1. The van der Waals surface area contributed by atoms with Crippen LogP contribution in [0, 0.1) is 17.2 Å². The Morgan fingerprint density at radius 1 is 1.24 bits per heavy atom. The van der Waals surface area contributed by atoms with Crippen LogP contribution >= 0.6 is 0 Å². The number of benzene rings is 2. The van der Waals surface area contributed by atoms with E-state index in [1.54, 1.807) is 11.0 Å². The Kier molecular flexibility index (Phi) is 5.25. The summed E-state index contributed by atoms with van der Waals surface area (Å²) in [7, 11) is 1.83. The third-order valence-corrected chi connectivity index (χ3v) is 7.30. The standard InChI is InChI=1S/C27H29N3O3/c1-4-18(2)24-29-27(25(31)30(24)3)16-26(11-6-12-32-17-26)33-23-10-9-21(14-22(23)27)20-8-5-7-19(13-20)15-28/h5,7-10,13-14,18H,4,6,11-12,16-17H2,1-3H3. The van der Waals surface area contributed by atoms with Crippen LogP contribution in [-0.2, 0) is 15.1 Å². The molecule has 0 N–H and O–H groups in total. The molecule has 2 spiro atoms. The van der Waals surface area contributed by atoms with Gasteiger partial charge >= 0.3 is 0 Å². The highest BCUT2D eigenvalue weighted by Crippen LogP contribution is 2.52. The number of nitriles is 1. The van der Waals surface area contributed by atoms with Gasteiger partial charge in [0.05, 0.1) is 18.2 Å². The largest absolute Gasteiger partial charge is 0.484 e. The monoisotopic (exact) mass is 443 g/mol. The van der Waals surface area contributed by atoms with Crippen LogP contribution in [0.1, 0.15) is 50.7 Å². The number of amidine groups is 1. The van der Waals surface area contributed by atoms with E-state index in [4.69, 9.17) is 14.5 Å². The van der Waals surface area contributed by atoms with Gasteiger partial charge in [0.15, 0.2) is 5.54 Å². The molecule has 3 atom stereocenters. The zero-order chi connectivity index (χ0) is 23.2. The van der Waals surface area contributed by atoms with Gasteiger partial charge in [0.2, 0.25) is 0 Å². The Labute approximate surface area is 194 Å². The molecule has 6 heteroatoms. The van der Waals surface area contributed by atoms with E-state index in [2.05, 4.69) is 19.9 Å². The molecule has 3 unspecified atom stereocenters. The molecule has 170 valence electrons. The van der Waals surface area contributed by atoms with Gasteiger partial charge in [0.1, 0.15) is 17.2 Å². The van der Waals surface area contributed by atoms with Crippen molar-refractivity contribution in [3.63, 3.8) is 0 Å². The van der Waals surface area contributed by atoms with Crippen molar-refractivity contribution in [2.45, 2.75) is 50.7 Å². The number of fused-ring (bicyclic) bond motifs is 2. The zero-order valence-electron chi connectivity index (χ0n) is 19.4. The molecule has 6 nitrogen and oxygen atoms in total. The van der Waals surface area contributed by atoms with Crippen molar-refractivity contribution < 1.29 is 14.3 Å². The number of nitrogens with zero attached hydrogens (tertiary/aromatic N) is 3. The van der Waals surface area contributed by atoms with Crippen LogP contribution in [0.5, 0.6) is 5.75 Å². The van der Waals surface area contributed by atoms with E-state index < -0.39 is 11.1 Å². The third-order valence-electron chi connectivity index (χ3n) is 7.30. The van der Waals surface area contributed by atoms with Crippen LogP contribution in [-0.4, -0.2) is 42.5 Å². The van der Waals surface area contributed by atoms with E-state index in [1.165, 1.54) is 0 Å². The first-order valence-electron chi connectivity index (χ1n) is 11.7. The fraction of sp³-hybridized carbons (Fsp3) is 0.444. The average Bonchev–Trinajstić information content (AvgIpc) is 3.09. The first kappa shape index (κ1) is 21.7. The fourth-order valence-corrected chi connectivity index (χ4v) is 5.38. The zero-order valence-corrected chi connectivity index (χ0v) is 19.4. The number of hydrogen-bond donors (Lipinski definition) is 0. The molecule has 3 aliphatic rings. The molecule has 0 aromatic heterocycles. The molecule has 5 rings (SSSR count). The number of carbonyl (C=O) groups excluding carboxylic acids is 1. The van der Waals surface area contributed by atoms with Crippen molar-refractivity contribution in [1.82, 2.24) is 4.90 Å². The fourth-order valence-electron chi connectivity index (χ4n) is 5.38. The minimum Gasteiger partial charge on any atom is -0.484 e. The highest BCUT2D eigenvalue weighted by atomic mass is 16.5. The van der Waals surface area contributed by atoms with Gasteiger partial charge in [0, 0.05) is 31.6 Å². The number of carbonyl (C=O) groups is 1. The molecule has 3 aliphatic heterocycles. The van der Waals surface area contributed by atoms with Crippen molar-refractivity contribution in [2.75, 3.05) is 20.3 Å². The third kappa shape index (κ3) is 3.43.